The molecule has 3 heterocycles. The molecular weight excluding hydrogens is 196 g/mol. The molecule has 2 saturated heterocycles. The van der Waals surface area contributed by atoms with Gasteiger partial charge in [0.25, 0.3) is 0 Å². The van der Waals surface area contributed by atoms with E-state index in [2.05, 4.69) is 20.4 Å². The summed E-state index contributed by atoms with van der Waals surface area (Å²) >= 11 is 1.71. The first kappa shape index (κ1) is 8.61. The maximum absolute atomic E-state index is 4.20. The van der Waals surface area contributed by atoms with Gasteiger partial charge in [0.15, 0.2) is 0 Å². The quantitative estimate of drug-likeness (QED) is 0.733. The molecule has 2 atom stereocenters. The normalized spacial score (nSPS) is 31.1. The van der Waals surface area contributed by atoms with Crippen molar-refractivity contribution in [3.8, 4) is 0 Å². The molecule has 0 bridgehead atoms. The van der Waals surface area contributed by atoms with Crippen LogP contribution in [0, 0.1) is 18.8 Å². The van der Waals surface area contributed by atoms with E-state index in [0.717, 1.165) is 35.1 Å². The van der Waals surface area contributed by atoms with Crippen LogP contribution in [-0.2, 0) is 0 Å². The standard InChI is InChI=1S/C9H14N4S/c1-6-11-12-9(14-6)13-4-7-2-10-3-8(7)5-13/h7-8,10H,2-5H2,1H3. The van der Waals surface area contributed by atoms with Gasteiger partial charge in [-0.05, 0) is 18.8 Å². The summed E-state index contributed by atoms with van der Waals surface area (Å²) in [6.07, 6.45) is 0. The predicted octanol–water partition coefficient (Wildman–Crippen LogP) is 0.502. The van der Waals surface area contributed by atoms with Crippen molar-refractivity contribution >= 4 is 16.5 Å². The molecule has 0 aromatic carbocycles. The van der Waals surface area contributed by atoms with Gasteiger partial charge in [0.1, 0.15) is 5.01 Å². The van der Waals surface area contributed by atoms with Gasteiger partial charge in [0.2, 0.25) is 5.13 Å². The van der Waals surface area contributed by atoms with Crippen LogP contribution in [0.15, 0.2) is 0 Å². The molecule has 5 heteroatoms. The molecule has 4 nitrogen and oxygen atoms in total. The molecule has 2 unspecified atom stereocenters. The Balaban J connectivity index is 1.76. The Morgan fingerprint density at radius 1 is 1.29 bits per heavy atom. The summed E-state index contributed by atoms with van der Waals surface area (Å²) in [5.41, 5.74) is 0. The number of anilines is 1. The van der Waals surface area contributed by atoms with E-state index in [1.54, 1.807) is 11.3 Å². The summed E-state index contributed by atoms with van der Waals surface area (Å²) in [5.74, 6) is 1.67. The zero-order valence-corrected chi connectivity index (χ0v) is 9.05. The minimum absolute atomic E-state index is 0.833. The zero-order valence-electron chi connectivity index (χ0n) is 8.23. The second-order valence-electron chi connectivity index (χ2n) is 4.19. The molecule has 0 amide bonds. The van der Waals surface area contributed by atoms with Crippen molar-refractivity contribution in [2.75, 3.05) is 31.1 Å². The highest BCUT2D eigenvalue weighted by Gasteiger charge is 2.37. The smallest absolute Gasteiger partial charge is 0.208 e. The van der Waals surface area contributed by atoms with Gasteiger partial charge in [-0.2, -0.15) is 0 Å². The molecule has 1 aromatic rings. The molecule has 1 aromatic heterocycles. The zero-order chi connectivity index (χ0) is 9.54. The number of rotatable bonds is 1. The van der Waals surface area contributed by atoms with Gasteiger partial charge < -0.3 is 10.2 Å². The fourth-order valence-corrected chi connectivity index (χ4v) is 3.13. The van der Waals surface area contributed by atoms with Gasteiger partial charge in [-0.15, -0.1) is 10.2 Å². The van der Waals surface area contributed by atoms with Crippen molar-refractivity contribution < 1.29 is 0 Å². The Labute approximate surface area is 87.3 Å². The lowest BCUT2D eigenvalue weighted by Gasteiger charge is -2.14. The molecule has 2 aliphatic heterocycles. The van der Waals surface area contributed by atoms with E-state index >= 15 is 0 Å². The maximum Gasteiger partial charge on any atom is 0.208 e. The molecule has 0 spiro atoms. The van der Waals surface area contributed by atoms with Crippen LogP contribution in [0.4, 0.5) is 5.13 Å². The predicted molar refractivity (Wildman–Crippen MR) is 56.7 cm³/mol. The minimum atomic E-state index is 0.833. The average molecular weight is 210 g/mol. The van der Waals surface area contributed by atoms with Crippen LogP contribution in [0.25, 0.3) is 0 Å². The molecule has 76 valence electrons. The van der Waals surface area contributed by atoms with Crippen LogP contribution in [0.2, 0.25) is 0 Å². The SMILES string of the molecule is Cc1nnc(N2CC3CNCC3C2)s1. The summed E-state index contributed by atoms with van der Waals surface area (Å²) in [5, 5.41) is 13.9. The Kier molecular flexibility index (Phi) is 1.95. The van der Waals surface area contributed by atoms with Gasteiger partial charge in [0.05, 0.1) is 0 Å². The van der Waals surface area contributed by atoms with Crippen LogP contribution in [-0.4, -0.2) is 36.4 Å². The van der Waals surface area contributed by atoms with Crippen molar-refractivity contribution in [1.82, 2.24) is 15.5 Å². The molecule has 0 radical (unpaired) electrons. The summed E-state index contributed by atoms with van der Waals surface area (Å²) in [6, 6.07) is 0. The number of hydrogen-bond donors (Lipinski definition) is 1. The number of hydrogen-bond acceptors (Lipinski definition) is 5. The third kappa shape index (κ3) is 1.31. The average Bonchev–Trinajstić information content (AvgIpc) is 2.75. The van der Waals surface area contributed by atoms with Gasteiger partial charge in [-0.1, -0.05) is 11.3 Å². The van der Waals surface area contributed by atoms with Crippen molar-refractivity contribution in [1.29, 1.82) is 0 Å². The first-order valence-electron chi connectivity index (χ1n) is 5.08. The molecule has 2 aliphatic rings. The first-order chi connectivity index (χ1) is 6.83. The van der Waals surface area contributed by atoms with E-state index in [1.807, 2.05) is 6.92 Å². The second kappa shape index (κ2) is 3.17. The molecule has 2 fully saturated rings. The largest absolute Gasteiger partial charge is 0.346 e. The Hall–Kier alpha value is -0.680. The number of nitrogens with zero attached hydrogens (tertiary/aromatic N) is 3. The van der Waals surface area contributed by atoms with Crippen LogP contribution < -0.4 is 10.2 Å². The first-order valence-corrected chi connectivity index (χ1v) is 5.90. The summed E-state index contributed by atoms with van der Waals surface area (Å²) < 4.78 is 0. The van der Waals surface area contributed by atoms with Crippen molar-refractivity contribution in [3.63, 3.8) is 0 Å². The van der Waals surface area contributed by atoms with Crippen LogP contribution in [0.1, 0.15) is 5.01 Å². The highest BCUT2D eigenvalue weighted by Crippen LogP contribution is 2.31. The van der Waals surface area contributed by atoms with Gasteiger partial charge in [-0.3, -0.25) is 0 Å². The monoisotopic (exact) mass is 210 g/mol. The van der Waals surface area contributed by atoms with Crippen LogP contribution in [0.5, 0.6) is 0 Å². The Bertz CT molecular complexity index is 325. The lowest BCUT2D eigenvalue weighted by atomic mass is 10.0. The van der Waals surface area contributed by atoms with E-state index in [9.17, 15) is 0 Å². The third-order valence-electron chi connectivity index (χ3n) is 3.18. The van der Waals surface area contributed by atoms with Crippen LogP contribution >= 0.6 is 11.3 Å². The highest BCUT2D eigenvalue weighted by molar-refractivity contribution is 7.15. The van der Waals surface area contributed by atoms with E-state index in [1.165, 1.54) is 13.1 Å². The minimum Gasteiger partial charge on any atom is -0.346 e. The lowest BCUT2D eigenvalue weighted by Crippen LogP contribution is -2.25. The second-order valence-corrected chi connectivity index (χ2v) is 5.35. The number of nitrogens with one attached hydrogen (secondary N) is 1. The van der Waals surface area contributed by atoms with E-state index < -0.39 is 0 Å². The maximum atomic E-state index is 4.20. The molecule has 0 aliphatic carbocycles. The van der Waals surface area contributed by atoms with E-state index in [0.29, 0.717) is 0 Å². The molecule has 0 saturated carbocycles. The van der Waals surface area contributed by atoms with Crippen molar-refractivity contribution in [3.05, 3.63) is 5.01 Å². The fraction of sp³-hybridized carbons (Fsp3) is 0.778. The lowest BCUT2D eigenvalue weighted by molar-refractivity contribution is 0.533. The van der Waals surface area contributed by atoms with Crippen molar-refractivity contribution in [2.45, 2.75) is 6.92 Å². The molecule has 1 N–H and O–H groups in total. The van der Waals surface area contributed by atoms with Gasteiger partial charge in [0, 0.05) is 26.2 Å². The number of aromatic nitrogens is 2. The van der Waals surface area contributed by atoms with Crippen molar-refractivity contribution in [2.24, 2.45) is 11.8 Å². The molecular formula is C9H14N4S. The number of fused-ring (bicyclic) bond motifs is 1. The summed E-state index contributed by atoms with van der Waals surface area (Å²) in [6.45, 7) is 6.69. The van der Waals surface area contributed by atoms with Gasteiger partial charge in [-0.25, -0.2) is 0 Å². The topological polar surface area (TPSA) is 41.1 Å². The van der Waals surface area contributed by atoms with E-state index in [-0.39, 0.29) is 0 Å². The van der Waals surface area contributed by atoms with Gasteiger partial charge >= 0.3 is 0 Å². The summed E-state index contributed by atoms with van der Waals surface area (Å²) in [4.78, 5) is 2.39. The van der Waals surface area contributed by atoms with Crippen LogP contribution in [0.3, 0.4) is 0 Å². The van der Waals surface area contributed by atoms with E-state index in [4.69, 9.17) is 0 Å². The number of aryl methyl sites for hydroxylation is 1. The highest BCUT2D eigenvalue weighted by atomic mass is 32.1. The molecule has 14 heavy (non-hydrogen) atoms. The Morgan fingerprint density at radius 2 is 2.00 bits per heavy atom. The third-order valence-corrected chi connectivity index (χ3v) is 4.07. The summed E-state index contributed by atoms with van der Waals surface area (Å²) in [7, 11) is 0. The fourth-order valence-electron chi connectivity index (χ4n) is 2.43. The molecule has 3 rings (SSSR count). The Morgan fingerprint density at radius 3 is 2.57 bits per heavy atom.